The summed E-state index contributed by atoms with van der Waals surface area (Å²) >= 11 is 0. The van der Waals surface area contributed by atoms with E-state index in [0.29, 0.717) is 32.7 Å². The third-order valence-electron chi connectivity index (χ3n) is 4.82. The van der Waals surface area contributed by atoms with Crippen LogP contribution in [0.4, 0.5) is 0 Å². The van der Waals surface area contributed by atoms with Crippen LogP contribution in [0.15, 0.2) is 18.2 Å². The van der Waals surface area contributed by atoms with Crippen LogP contribution in [0, 0.1) is 0 Å². The van der Waals surface area contributed by atoms with E-state index >= 15 is 0 Å². The third kappa shape index (κ3) is 3.71. The first kappa shape index (κ1) is 16.8. The Labute approximate surface area is 143 Å². The predicted molar refractivity (Wildman–Crippen MR) is 92.3 cm³/mol. The molecule has 1 saturated heterocycles. The topological polar surface area (TPSA) is 49.9 Å². The van der Waals surface area contributed by atoms with Gasteiger partial charge in [-0.15, -0.1) is 0 Å². The summed E-state index contributed by atoms with van der Waals surface area (Å²) in [5.74, 6) is 1.18. The van der Waals surface area contributed by atoms with Crippen molar-refractivity contribution in [1.82, 2.24) is 9.80 Å². The number of fused-ring (bicyclic) bond motifs is 1. The molecule has 24 heavy (non-hydrogen) atoms. The number of carbonyl (C=O) groups excluding carboxylic acids is 2. The lowest BCUT2D eigenvalue weighted by Gasteiger charge is -2.22. The zero-order chi connectivity index (χ0) is 16.9. The Morgan fingerprint density at radius 2 is 1.92 bits per heavy atom. The molecule has 0 N–H and O–H groups in total. The first-order valence-electron chi connectivity index (χ1n) is 9.02. The van der Waals surface area contributed by atoms with Gasteiger partial charge in [0, 0.05) is 44.6 Å². The highest BCUT2D eigenvalue weighted by Crippen LogP contribution is 2.26. The molecule has 1 fully saturated rings. The summed E-state index contributed by atoms with van der Waals surface area (Å²) in [5.41, 5.74) is 1.84. The monoisotopic (exact) mass is 330 g/mol. The van der Waals surface area contributed by atoms with Gasteiger partial charge in [-0.3, -0.25) is 9.59 Å². The first-order valence-corrected chi connectivity index (χ1v) is 9.02. The van der Waals surface area contributed by atoms with Crippen LogP contribution in [0.3, 0.4) is 0 Å². The lowest BCUT2D eigenvalue weighted by atomic mass is 10.1. The molecule has 0 aromatic heterocycles. The number of ether oxygens (including phenoxy) is 1. The fourth-order valence-electron chi connectivity index (χ4n) is 3.36. The van der Waals surface area contributed by atoms with Gasteiger partial charge < -0.3 is 14.5 Å². The summed E-state index contributed by atoms with van der Waals surface area (Å²) in [6, 6.07) is 5.70. The number of rotatable bonds is 4. The molecule has 0 radical (unpaired) electrons. The van der Waals surface area contributed by atoms with Gasteiger partial charge in [0.1, 0.15) is 5.75 Å². The molecule has 2 aliphatic rings. The lowest BCUT2D eigenvalue weighted by Crippen LogP contribution is -2.37. The van der Waals surface area contributed by atoms with E-state index in [9.17, 15) is 9.59 Å². The molecule has 5 heteroatoms. The number of unbranched alkanes of at least 4 members (excludes halogenated alkanes) is 1. The van der Waals surface area contributed by atoms with Crippen molar-refractivity contribution >= 4 is 11.8 Å². The molecule has 0 bridgehead atoms. The molecule has 2 aliphatic heterocycles. The van der Waals surface area contributed by atoms with Crippen molar-refractivity contribution in [3.05, 3.63) is 29.3 Å². The van der Waals surface area contributed by atoms with Gasteiger partial charge in [0.2, 0.25) is 5.91 Å². The Hall–Kier alpha value is -2.04. The molecule has 5 nitrogen and oxygen atoms in total. The van der Waals surface area contributed by atoms with E-state index in [2.05, 4.69) is 6.92 Å². The third-order valence-corrected chi connectivity index (χ3v) is 4.82. The van der Waals surface area contributed by atoms with Gasteiger partial charge in [-0.2, -0.15) is 0 Å². The van der Waals surface area contributed by atoms with Gasteiger partial charge in [0.05, 0.1) is 6.61 Å². The maximum Gasteiger partial charge on any atom is 0.253 e. The van der Waals surface area contributed by atoms with E-state index < -0.39 is 0 Å². The van der Waals surface area contributed by atoms with Crippen molar-refractivity contribution < 1.29 is 14.3 Å². The van der Waals surface area contributed by atoms with Gasteiger partial charge in [-0.25, -0.2) is 0 Å². The fraction of sp³-hybridized carbons (Fsp3) is 0.579. The minimum Gasteiger partial charge on any atom is -0.493 e. The quantitative estimate of drug-likeness (QED) is 0.852. The van der Waals surface area contributed by atoms with Crippen molar-refractivity contribution in [3.8, 4) is 5.75 Å². The molecule has 0 aliphatic carbocycles. The van der Waals surface area contributed by atoms with Crippen LogP contribution >= 0.6 is 0 Å². The Morgan fingerprint density at radius 1 is 1.12 bits per heavy atom. The molecule has 130 valence electrons. The van der Waals surface area contributed by atoms with E-state index in [-0.39, 0.29) is 11.8 Å². The van der Waals surface area contributed by atoms with E-state index in [1.165, 1.54) is 0 Å². The summed E-state index contributed by atoms with van der Waals surface area (Å²) in [6.07, 6.45) is 4.31. The van der Waals surface area contributed by atoms with Crippen LogP contribution < -0.4 is 4.74 Å². The zero-order valence-corrected chi connectivity index (χ0v) is 14.4. The van der Waals surface area contributed by atoms with Crippen LogP contribution in [0.5, 0.6) is 5.75 Å². The van der Waals surface area contributed by atoms with E-state index in [4.69, 9.17) is 4.74 Å². The largest absolute Gasteiger partial charge is 0.493 e. The van der Waals surface area contributed by atoms with E-state index in [1.54, 1.807) is 0 Å². The van der Waals surface area contributed by atoms with Gasteiger partial charge >= 0.3 is 0 Å². The van der Waals surface area contributed by atoms with Crippen LogP contribution in [0.25, 0.3) is 0 Å². The summed E-state index contributed by atoms with van der Waals surface area (Å²) < 4.78 is 5.50. The predicted octanol–water partition coefficient (Wildman–Crippen LogP) is 2.49. The molecule has 2 amide bonds. The number of amides is 2. The minimum atomic E-state index is 0.0626. The molecular weight excluding hydrogens is 304 g/mol. The van der Waals surface area contributed by atoms with Crippen LogP contribution in [-0.4, -0.2) is 54.4 Å². The standard InChI is InChI=1S/C19H26N2O3/c1-2-3-5-18(22)20-9-4-10-21(12-11-20)19(23)16-6-7-17-15(14-16)8-13-24-17/h6-7,14H,2-5,8-13H2,1H3. The number of benzene rings is 1. The summed E-state index contributed by atoms with van der Waals surface area (Å²) in [5, 5.41) is 0. The van der Waals surface area contributed by atoms with Crippen molar-refractivity contribution in [2.45, 2.75) is 39.0 Å². The van der Waals surface area contributed by atoms with Crippen LogP contribution in [0.2, 0.25) is 0 Å². The normalized spacial score (nSPS) is 17.2. The van der Waals surface area contributed by atoms with Crippen LogP contribution in [0.1, 0.15) is 48.5 Å². The second-order valence-corrected chi connectivity index (χ2v) is 6.55. The molecule has 2 heterocycles. The first-order chi connectivity index (χ1) is 11.7. The number of carbonyl (C=O) groups is 2. The summed E-state index contributed by atoms with van der Waals surface area (Å²) in [4.78, 5) is 28.8. The van der Waals surface area contributed by atoms with Crippen molar-refractivity contribution in [3.63, 3.8) is 0 Å². The molecule has 0 unspecified atom stereocenters. The van der Waals surface area contributed by atoms with Gasteiger partial charge in [-0.1, -0.05) is 13.3 Å². The molecule has 0 saturated carbocycles. The minimum absolute atomic E-state index is 0.0626. The second-order valence-electron chi connectivity index (χ2n) is 6.55. The highest BCUT2D eigenvalue weighted by atomic mass is 16.5. The average Bonchev–Trinajstić information content (AvgIpc) is 2.93. The number of hydrogen-bond donors (Lipinski definition) is 0. The Balaban J connectivity index is 1.61. The average molecular weight is 330 g/mol. The number of hydrogen-bond acceptors (Lipinski definition) is 3. The van der Waals surface area contributed by atoms with Crippen molar-refractivity contribution in [2.75, 3.05) is 32.8 Å². The zero-order valence-electron chi connectivity index (χ0n) is 14.4. The molecule has 3 rings (SSSR count). The lowest BCUT2D eigenvalue weighted by molar-refractivity contribution is -0.131. The molecule has 1 aromatic carbocycles. The van der Waals surface area contributed by atoms with E-state index in [1.807, 2.05) is 28.0 Å². The summed E-state index contributed by atoms with van der Waals surface area (Å²) in [6.45, 7) is 5.52. The molecule has 0 spiro atoms. The smallest absolute Gasteiger partial charge is 0.253 e. The molecular formula is C19H26N2O3. The highest BCUT2D eigenvalue weighted by Gasteiger charge is 2.23. The maximum absolute atomic E-state index is 12.8. The SMILES string of the molecule is CCCCC(=O)N1CCCN(C(=O)c2ccc3c(c2)CCO3)CC1. The Kier molecular flexibility index (Phi) is 5.38. The van der Waals surface area contributed by atoms with Crippen molar-refractivity contribution in [2.24, 2.45) is 0 Å². The molecule has 1 aromatic rings. The summed E-state index contributed by atoms with van der Waals surface area (Å²) in [7, 11) is 0. The number of nitrogens with zero attached hydrogens (tertiary/aromatic N) is 2. The maximum atomic E-state index is 12.8. The fourth-order valence-corrected chi connectivity index (χ4v) is 3.36. The Bertz CT molecular complexity index is 615. The van der Waals surface area contributed by atoms with Crippen molar-refractivity contribution in [1.29, 1.82) is 0 Å². The van der Waals surface area contributed by atoms with Gasteiger partial charge in [-0.05, 0) is 36.6 Å². The second kappa shape index (κ2) is 7.69. The van der Waals surface area contributed by atoms with E-state index in [0.717, 1.165) is 49.1 Å². The van der Waals surface area contributed by atoms with Gasteiger partial charge in [0.25, 0.3) is 5.91 Å². The van der Waals surface area contributed by atoms with Crippen LogP contribution in [-0.2, 0) is 11.2 Å². The molecule has 0 atom stereocenters. The Morgan fingerprint density at radius 3 is 2.75 bits per heavy atom. The highest BCUT2D eigenvalue weighted by molar-refractivity contribution is 5.94. The van der Waals surface area contributed by atoms with Gasteiger partial charge in [0.15, 0.2) is 0 Å².